The third-order valence-corrected chi connectivity index (χ3v) is 5.02. The number of nitrogens with zero attached hydrogens (tertiary/aromatic N) is 1. The summed E-state index contributed by atoms with van der Waals surface area (Å²) in [6.45, 7) is 0. The highest BCUT2D eigenvalue weighted by Gasteiger charge is 2.35. The number of nitrogen functional groups attached to an aromatic ring is 2. The Labute approximate surface area is 135 Å². The number of amides is 1. The number of thioether (sulfide) groups is 1. The first-order chi connectivity index (χ1) is 10.1. The van der Waals surface area contributed by atoms with E-state index in [1.807, 2.05) is 24.3 Å². The monoisotopic (exact) mass is 363 g/mol. The molecule has 2 aromatic carbocycles. The number of rotatable bonds is 2. The Morgan fingerprint density at radius 2 is 2.00 bits per heavy atom. The van der Waals surface area contributed by atoms with Crippen LogP contribution in [0.1, 0.15) is 10.9 Å². The molecule has 1 heterocycles. The molecule has 1 aliphatic rings. The Morgan fingerprint density at radius 1 is 1.19 bits per heavy atom. The number of hydrogen-bond acceptors (Lipinski definition) is 4. The molecule has 0 saturated carbocycles. The van der Waals surface area contributed by atoms with Crippen LogP contribution >= 0.6 is 27.7 Å². The molecule has 0 aliphatic carbocycles. The van der Waals surface area contributed by atoms with E-state index in [0.717, 1.165) is 10.0 Å². The van der Waals surface area contributed by atoms with Crippen LogP contribution < -0.4 is 16.4 Å². The molecule has 1 aliphatic heterocycles. The summed E-state index contributed by atoms with van der Waals surface area (Å²) in [7, 11) is 0. The fourth-order valence-electron chi connectivity index (χ4n) is 2.38. The first-order valence-electron chi connectivity index (χ1n) is 6.40. The van der Waals surface area contributed by atoms with Gasteiger partial charge in [0.2, 0.25) is 5.91 Å². The van der Waals surface area contributed by atoms with Crippen LogP contribution in [0.3, 0.4) is 0 Å². The molecular weight excluding hydrogens is 350 g/mol. The molecule has 1 fully saturated rings. The van der Waals surface area contributed by atoms with Crippen LogP contribution in [0, 0.1) is 0 Å². The maximum absolute atomic E-state index is 12.3. The van der Waals surface area contributed by atoms with Gasteiger partial charge in [0.1, 0.15) is 5.37 Å². The smallest absolute Gasteiger partial charge is 0.238 e. The van der Waals surface area contributed by atoms with Crippen LogP contribution in [-0.4, -0.2) is 11.7 Å². The quantitative estimate of drug-likeness (QED) is 0.802. The minimum atomic E-state index is -0.0686. The highest BCUT2D eigenvalue weighted by atomic mass is 79.9. The van der Waals surface area contributed by atoms with Crippen molar-refractivity contribution in [1.82, 2.24) is 0 Å². The van der Waals surface area contributed by atoms with Crippen LogP contribution in [-0.2, 0) is 4.79 Å². The van der Waals surface area contributed by atoms with Gasteiger partial charge in [-0.1, -0.05) is 28.1 Å². The highest BCUT2D eigenvalue weighted by molar-refractivity contribution is 9.10. The van der Waals surface area contributed by atoms with Gasteiger partial charge < -0.3 is 11.5 Å². The van der Waals surface area contributed by atoms with Gasteiger partial charge in [-0.3, -0.25) is 9.69 Å². The van der Waals surface area contributed by atoms with E-state index >= 15 is 0 Å². The second-order valence-electron chi connectivity index (χ2n) is 4.80. The van der Waals surface area contributed by atoms with Gasteiger partial charge in [-0.25, -0.2) is 0 Å². The molecule has 0 radical (unpaired) electrons. The van der Waals surface area contributed by atoms with E-state index in [1.165, 1.54) is 0 Å². The van der Waals surface area contributed by atoms with E-state index in [9.17, 15) is 4.79 Å². The largest absolute Gasteiger partial charge is 0.399 e. The molecule has 108 valence electrons. The van der Waals surface area contributed by atoms with Crippen molar-refractivity contribution in [1.29, 1.82) is 0 Å². The Kier molecular flexibility index (Phi) is 3.82. The molecule has 3 rings (SSSR count). The van der Waals surface area contributed by atoms with E-state index < -0.39 is 0 Å². The van der Waals surface area contributed by atoms with Crippen molar-refractivity contribution >= 4 is 50.7 Å². The summed E-state index contributed by atoms with van der Waals surface area (Å²) in [5, 5.41) is -0.0686. The van der Waals surface area contributed by atoms with E-state index in [0.29, 0.717) is 22.8 Å². The van der Waals surface area contributed by atoms with E-state index in [-0.39, 0.29) is 11.3 Å². The molecule has 1 atom stereocenters. The van der Waals surface area contributed by atoms with Crippen molar-refractivity contribution in [3.63, 3.8) is 0 Å². The van der Waals surface area contributed by atoms with Crippen LogP contribution in [0.25, 0.3) is 0 Å². The van der Waals surface area contributed by atoms with E-state index in [1.54, 1.807) is 34.9 Å². The maximum Gasteiger partial charge on any atom is 0.238 e. The fraction of sp³-hybridized carbons (Fsp3) is 0.133. The van der Waals surface area contributed by atoms with Crippen LogP contribution in [0.4, 0.5) is 17.1 Å². The Bertz CT molecular complexity index is 707. The van der Waals surface area contributed by atoms with Crippen LogP contribution in [0.2, 0.25) is 0 Å². The SMILES string of the molecule is Nc1ccc(N2C(=O)CSC2c2cccc(Br)c2)c(N)c1. The number of nitrogens with two attached hydrogens (primary N) is 2. The lowest BCUT2D eigenvalue weighted by Crippen LogP contribution is -2.28. The zero-order valence-electron chi connectivity index (χ0n) is 11.1. The number of carbonyl (C=O) groups is 1. The summed E-state index contributed by atoms with van der Waals surface area (Å²) >= 11 is 5.07. The van der Waals surface area contributed by atoms with E-state index in [4.69, 9.17) is 11.5 Å². The Morgan fingerprint density at radius 3 is 2.71 bits per heavy atom. The molecule has 4 nitrogen and oxygen atoms in total. The molecule has 1 amide bonds. The average molecular weight is 364 g/mol. The molecule has 6 heteroatoms. The minimum Gasteiger partial charge on any atom is -0.399 e. The van der Waals surface area contributed by atoms with Crippen molar-refractivity contribution < 1.29 is 4.79 Å². The molecular formula is C15H14BrN3OS. The highest BCUT2D eigenvalue weighted by Crippen LogP contribution is 2.44. The first-order valence-corrected chi connectivity index (χ1v) is 8.24. The summed E-state index contributed by atoms with van der Waals surface area (Å²) in [6.07, 6.45) is 0. The lowest BCUT2D eigenvalue weighted by molar-refractivity contribution is -0.115. The van der Waals surface area contributed by atoms with Gasteiger partial charge in [0.25, 0.3) is 0 Å². The summed E-state index contributed by atoms with van der Waals surface area (Å²) < 4.78 is 0.991. The minimum absolute atomic E-state index is 0.0569. The Hall–Kier alpha value is -1.66. The Balaban J connectivity index is 2.04. The average Bonchev–Trinajstić information content (AvgIpc) is 2.81. The normalized spacial score (nSPS) is 18.2. The second kappa shape index (κ2) is 5.61. The van der Waals surface area contributed by atoms with Gasteiger partial charge in [-0.2, -0.15) is 0 Å². The summed E-state index contributed by atoms with van der Waals surface area (Å²) in [4.78, 5) is 14.0. The van der Waals surface area contributed by atoms with Crippen molar-refractivity contribution in [3.8, 4) is 0 Å². The third kappa shape index (κ3) is 2.73. The summed E-state index contributed by atoms with van der Waals surface area (Å²) in [6, 6.07) is 13.2. The first kappa shape index (κ1) is 14.3. The predicted molar refractivity (Wildman–Crippen MR) is 92.1 cm³/mol. The maximum atomic E-state index is 12.3. The second-order valence-corrected chi connectivity index (χ2v) is 6.78. The van der Waals surface area contributed by atoms with Crippen LogP contribution in [0.5, 0.6) is 0 Å². The van der Waals surface area contributed by atoms with Crippen molar-refractivity contribution in [2.24, 2.45) is 0 Å². The van der Waals surface area contributed by atoms with Gasteiger partial charge in [0.05, 0.1) is 17.1 Å². The van der Waals surface area contributed by atoms with Crippen molar-refractivity contribution in [3.05, 3.63) is 52.5 Å². The van der Waals surface area contributed by atoms with Gasteiger partial charge in [-0.05, 0) is 35.9 Å². The number of halogens is 1. The van der Waals surface area contributed by atoms with Gasteiger partial charge in [0, 0.05) is 10.2 Å². The molecule has 21 heavy (non-hydrogen) atoms. The molecule has 4 N–H and O–H groups in total. The molecule has 0 aromatic heterocycles. The molecule has 1 saturated heterocycles. The standard InChI is InChI=1S/C15H14BrN3OS/c16-10-3-1-2-9(6-10)15-19(14(20)8-21-15)13-5-4-11(17)7-12(13)18/h1-7,15H,8,17-18H2. The zero-order chi connectivity index (χ0) is 15.0. The van der Waals surface area contributed by atoms with Gasteiger partial charge >= 0.3 is 0 Å². The fourth-order valence-corrected chi connectivity index (χ4v) is 3.96. The zero-order valence-corrected chi connectivity index (χ0v) is 13.5. The number of hydrogen-bond donors (Lipinski definition) is 2. The number of anilines is 3. The molecule has 0 spiro atoms. The van der Waals surface area contributed by atoms with Crippen molar-refractivity contribution in [2.45, 2.75) is 5.37 Å². The lowest BCUT2D eigenvalue weighted by atomic mass is 10.1. The van der Waals surface area contributed by atoms with Crippen LogP contribution in [0.15, 0.2) is 46.9 Å². The lowest BCUT2D eigenvalue weighted by Gasteiger charge is -2.25. The topological polar surface area (TPSA) is 72.3 Å². The molecule has 1 unspecified atom stereocenters. The summed E-state index contributed by atoms with van der Waals surface area (Å²) in [5.41, 5.74) is 14.7. The molecule has 2 aromatic rings. The number of benzene rings is 2. The van der Waals surface area contributed by atoms with Gasteiger partial charge in [-0.15, -0.1) is 11.8 Å². The van der Waals surface area contributed by atoms with Gasteiger partial charge in [0.15, 0.2) is 0 Å². The van der Waals surface area contributed by atoms with Crippen molar-refractivity contribution in [2.75, 3.05) is 22.1 Å². The number of carbonyl (C=O) groups excluding carboxylic acids is 1. The van der Waals surface area contributed by atoms with E-state index in [2.05, 4.69) is 15.9 Å². The predicted octanol–water partition coefficient (Wildman–Crippen LogP) is 3.39. The third-order valence-electron chi connectivity index (χ3n) is 3.31. The summed E-state index contributed by atoms with van der Waals surface area (Å²) in [5.74, 6) is 0.502. The molecule has 0 bridgehead atoms.